The van der Waals surface area contributed by atoms with Gasteiger partial charge in [0.1, 0.15) is 17.3 Å². The van der Waals surface area contributed by atoms with E-state index < -0.39 is 37.9 Å². The molecule has 0 N–H and O–H groups in total. The van der Waals surface area contributed by atoms with E-state index in [0.717, 1.165) is 22.4 Å². The van der Waals surface area contributed by atoms with Gasteiger partial charge in [-0.05, 0) is 43.7 Å². The largest absolute Gasteiger partial charge is 0.485 e. The Morgan fingerprint density at radius 2 is 1.62 bits per heavy atom. The van der Waals surface area contributed by atoms with Crippen LogP contribution >= 0.6 is 11.6 Å². The highest BCUT2D eigenvalue weighted by molar-refractivity contribution is 7.89. The van der Waals surface area contributed by atoms with Gasteiger partial charge < -0.3 is 9.64 Å². The first-order valence-electron chi connectivity index (χ1n) is 12.5. The Labute approximate surface area is 231 Å². The quantitative estimate of drug-likeness (QED) is 0.393. The minimum Gasteiger partial charge on any atom is -0.485 e. The van der Waals surface area contributed by atoms with Gasteiger partial charge >= 0.3 is 5.56 Å². The Kier molecular flexibility index (Phi) is 8.34. The predicted molar refractivity (Wildman–Crippen MR) is 148 cm³/mol. The van der Waals surface area contributed by atoms with E-state index in [4.69, 9.17) is 16.3 Å². The average Bonchev–Trinajstić information content (AvgIpc) is 2.87. The first-order valence-corrected chi connectivity index (χ1v) is 14.4. The lowest BCUT2D eigenvalue weighted by molar-refractivity contribution is 0.236. The fraction of sp³-hybridized carbons (Fsp3) is 0.407. The van der Waals surface area contributed by atoms with Crippen molar-refractivity contribution in [3.63, 3.8) is 0 Å². The minimum absolute atomic E-state index is 0.0446. The summed E-state index contributed by atoms with van der Waals surface area (Å²) in [5, 5.41) is 4.22. The maximum Gasteiger partial charge on any atom is 0.316 e. The van der Waals surface area contributed by atoms with Gasteiger partial charge in [0.05, 0.1) is 23.7 Å². The van der Waals surface area contributed by atoms with Crippen molar-refractivity contribution in [3.8, 4) is 11.4 Å². The fourth-order valence-corrected chi connectivity index (χ4v) is 5.75. The maximum atomic E-state index is 13.9. The number of piperazine rings is 1. The van der Waals surface area contributed by atoms with Gasteiger partial charge in [-0.15, -0.1) is 0 Å². The summed E-state index contributed by atoms with van der Waals surface area (Å²) in [6.45, 7) is 8.35. The summed E-state index contributed by atoms with van der Waals surface area (Å²) in [6, 6.07) is 10.0. The highest BCUT2D eigenvalue weighted by Crippen LogP contribution is 2.30. The van der Waals surface area contributed by atoms with Crippen molar-refractivity contribution < 1.29 is 21.9 Å². The molecule has 12 heteroatoms. The number of halogens is 3. The number of hydrogen-bond donors (Lipinski definition) is 0. The zero-order chi connectivity index (χ0) is 28.5. The topological polar surface area (TPSA) is 84.7 Å². The Morgan fingerprint density at radius 3 is 2.18 bits per heavy atom. The summed E-state index contributed by atoms with van der Waals surface area (Å²) < 4.78 is 61.6. The van der Waals surface area contributed by atoms with Gasteiger partial charge in [0.15, 0.2) is 0 Å². The highest BCUT2D eigenvalue weighted by Gasteiger charge is 2.32. The maximum absolute atomic E-state index is 13.9. The van der Waals surface area contributed by atoms with Crippen LogP contribution < -0.4 is 15.2 Å². The van der Waals surface area contributed by atoms with E-state index in [1.165, 1.54) is 10.5 Å². The Balaban J connectivity index is 1.70. The number of hydrogen-bond acceptors (Lipinski definition) is 6. The molecule has 0 aliphatic carbocycles. The summed E-state index contributed by atoms with van der Waals surface area (Å²) in [4.78, 5) is 15.5. The van der Waals surface area contributed by atoms with Gasteiger partial charge in [-0.2, -0.15) is 14.1 Å². The second kappa shape index (κ2) is 11.2. The smallest absolute Gasteiger partial charge is 0.316 e. The van der Waals surface area contributed by atoms with Crippen LogP contribution in [0.4, 0.5) is 14.5 Å². The van der Waals surface area contributed by atoms with Crippen molar-refractivity contribution in [2.75, 3.05) is 37.7 Å². The van der Waals surface area contributed by atoms with E-state index in [9.17, 15) is 22.0 Å². The molecule has 210 valence electrons. The van der Waals surface area contributed by atoms with E-state index in [0.29, 0.717) is 29.9 Å². The molecule has 0 atom stereocenters. The van der Waals surface area contributed by atoms with Crippen molar-refractivity contribution in [1.82, 2.24) is 14.1 Å². The van der Waals surface area contributed by atoms with E-state index >= 15 is 0 Å². The standard InChI is InChI=1S/C27H31ClF2N4O4S/c1-18(2)39(36,37)33-11-9-32(10-12-33)24-16-31-34(23-14-21(29)13-22(30)15-23)26(35)25(24)38-17-27(3,4)19-5-7-20(28)8-6-19/h5-8,13-16,18H,9-12,17H2,1-4H3. The molecule has 0 bridgehead atoms. The van der Waals surface area contributed by atoms with Crippen molar-refractivity contribution in [3.05, 3.63) is 81.2 Å². The summed E-state index contributed by atoms with van der Waals surface area (Å²) in [5.74, 6) is -1.75. The van der Waals surface area contributed by atoms with Crippen LogP contribution in [0.1, 0.15) is 33.3 Å². The molecule has 0 amide bonds. The molecule has 0 radical (unpaired) electrons. The second-order valence-electron chi connectivity index (χ2n) is 10.4. The molecular weight excluding hydrogens is 550 g/mol. The average molecular weight is 581 g/mol. The zero-order valence-electron chi connectivity index (χ0n) is 22.2. The van der Waals surface area contributed by atoms with Crippen LogP contribution in [0.25, 0.3) is 5.69 Å². The van der Waals surface area contributed by atoms with Gasteiger partial charge in [0.2, 0.25) is 15.8 Å². The summed E-state index contributed by atoms with van der Waals surface area (Å²) in [7, 11) is -3.42. The monoisotopic (exact) mass is 580 g/mol. The number of benzene rings is 2. The fourth-order valence-electron chi connectivity index (χ4n) is 4.35. The molecule has 1 aromatic heterocycles. The van der Waals surface area contributed by atoms with Crippen molar-refractivity contribution in [1.29, 1.82) is 0 Å². The lowest BCUT2D eigenvalue weighted by atomic mass is 9.86. The molecule has 1 aliphatic heterocycles. The van der Waals surface area contributed by atoms with Crippen LogP contribution in [0.15, 0.2) is 53.5 Å². The first kappa shape index (κ1) is 29.0. The van der Waals surface area contributed by atoms with Crippen LogP contribution in [0.5, 0.6) is 5.75 Å². The van der Waals surface area contributed by atoms with Gasteiger partial charge in [0.25, 0.3) is 0 Å². The molecule has 0 saturated carbocycles. The summed E-state index contributed by atoms with van der Waals surface area (Å²) >= 11 is 6.03. The lowest BCUT2D eigenvalue weighted by Crippen LogP contribution is -2.50. The molecule has 0 unspecified atom stereocenters. The number of aromatic nitrogens is 2. The number of rotatable bonds is 8. The molecule has 1 saturated heterocycles. The van der Waals surface area contributed by atoms with Gasteiger partial charge in [-0.25, -0.2) is 17.2 Å². The van der Waals surface area contributed by atoms with Crippen LogP contribution in [0.2, 0.25) is 5.02 Å². The highest BCUT2D eigenvalue weighted by atomic mass is 35.5. The van der Waals surface area contributed by atoms with Crippen LogP contribution in [-0.4, -0.2) is 60.5 Å². The van der Waals surface area contributed by atoms with Crippen LogP contribution in [-0.2, 0) is 15.4 Å². The normalized spacial score (nSPS) is 15.1. The molecule has 39 heavy (non-hydrogen) atoms. The van der Waals surface area contributed by atoms with Gasteiger partial charge in [-0.3, -0.25) is 4.79 Å². The molecule has 4 rings (SSSR count). The molecular formula is C27H31ClF2N4O4S. The Morgan fingerprint density at radius 1 is 1.03 bits per heavy atom. The molecule has 8 nitrogen and oxygen atoms in total. The molecule has 3 aromatic rings. The van der Waals surface area contributed by atoms with Crippen molar-refractivity contribution >= 4 is 27.3 Å². The molecule has 1 aliphatic rings. The molecule has 2 heterocycles. The number of anilines is 1. The minimum atomic E-state index is -3.42. The van der Waals surface area contributed by atoms with Crippen molar-refractivity contribution in [2.24, 2.45) is 0 Å². The van der Waals surface area contributed by atoms with Crippen LogP contribution in [0.3, 0.4) is 0 Å². The molecule has 1 fully saturated rings. The number of nitrogens with zero attached hydrogens (tertiary/aromatic N) is 4. The van der Waals surface area contributed by atoms with E-state index in [1.807, 2.05) is 30.9 Å². The zero-order valence-corrected chi connectivity index (χ0v) is 23.8. The van der Waals surface area contributed by atoms with Crippen LogP contribution in [0, 0.1) is 11.6 Å². The van der Waals surface area contributed by atoms with Crippen molar-refractivity contribution in [2.45, 2.75) is 38.4 Å². The van der Waals surface area contributed by atoms with E-state index in [1.54, 1.807) is 26.0 Å². The lowest BCUT2D eigenvalue weighted by Gasteiger charge is -2.36. The summed E-state index contributed by atoms with van der Waals surface area (Å²) in [5.41, 5.74) is 0.00160. The van der Waals surface area contributed by atoms with E-state index in [2.05, 4.69) is 5.10 Å². The SMILES string of the molecule is CC(C)S(=O)(=O)N1CCN(c2cnn(-c3cc(F)cc(F)c3)c(=O)c2OCC(C)(C)c2ccc(Cl)cc2)CC1. The van der Waals surface area contributed by atoms with Gasteiger partial charge in [-0.1, -0.05) is 37.6 Å². The second-order valence-corrected chi connectivity index (χ2v) is 13.3. The third kappa shape index (κ3) is 6.26. The van der Waals surface area contributed by atoms with E-state index in [-0.39, 0.29) is 31.1 Å². The molecule has 0 spiro atoms. The predicted octanol–water partition coefficient (Wildman–Crippen LogP) is 4.38. The Bertz CT molecular complexity index is 1480. The van der Waals surface area contributed by atoms with Gasteiger partial charge in [0, 0.05) is 42.7 Å². The number of ether oxygens (including phenoxy) is 1. The Hall–Kier alpha value is -3.02. The first-order chi connectivity index (χ1) is 18.3. The third-order valence-corrected chi connectivity index (χ3v) is 9.27. The number of sulfonamides is 1. The summed E-state index contributed by atoms with van der Waals surface area (Å²) in [6.07, 6.45) is 1.40. The third-order valence-electron chi connectivity index (χ3n) is 6.74. The molecule has 2 aromatic carbocycles.